The van der Waals surface area contributed by atoms with E-state index in [1.165, 1.54) is 0 Å². The quantitative estimate of drug-likeness (QED) is 0.789. The van der Waals surface area contributed by atoms with Crippen LogP contribution in [0.1, 0.15) is 34.6 Å². The first-order chi connectivity index (χ1) is 7.68. The summed E-state index contributed by atoms with van der Waals surface area (Å²) < 4.78 is 22.4. The van der Waals surface area contributed by atoms with Crippen LogP contribution in [0, 0.1) is 0 Å². The van der Waals surface area contributed by atoms with Gasteiger partial charge in [0, 0.05) is 0 Å². The zero-order chi connectivity index (χ0) is 12.8. The van der Waals surface area contributed by atoms with Crippen LogP contribution >= 0.6 is 0 Å². The Bertz CT molecular complexity index is 283. The zero-order valence-corrected chi connectivity index (χ0v) is 11.1. The van der Waals surface area contributed by atoms with Crippen molar-refractivity contribution in [3.63, 3.8) is 0 Å². The summed E-state index contributed by atoms with van der Waals surface area (Å²) in [6, 6.07) is 0. The Kier molecular flexibility index (Phi) is 3.25. The van der Waals surface area contributed by atoms with Crippen molar-refractivity contribution in [3.8, 4) is 0 Å². The molecule has 0 spiro atoms. The van der Waals surface area contributed by atoms with Crippen molar-refractivity contribution in [3.05, 3.63) is 0 Å². The molecule has 100 valence electrons. The van der Waals surface area contributed by atoms with Crippen LogP contribution in [0.25, 0.3) is 0 Å². The summed E-state index contributed by atoms with van der Waals surface area (Å²) >= 11 is 0. The van der Waals surface area contributed by atoms with E-state index in [0.717, 1.165) is 0 Å². The largest absolute Gasteiger partial charge is 0.373 e. The van der Waals surface area contributed by atoms with Gasteiger partial charge in [0.15, 0.2) is 12.1 Å². The van der Waals surface area contributed by atoms with Crippen LogP contribution < -0.4 is 0 Å². The van der Waals surface area contributed by atoms with Gasteiger partial charge in [-0.15, -0.1) is 0 Å². The molecule has 1 N–H and O–H groups in total. The SMILES string of the molecule is CC(C)(C)OC[C@H]1O[C@H](O)[C@@H]2OC(C)(C)O[C@@H]21. The summed E-state index contributed by atoms with van der Waals surface area (Å²) in [7, 11) is 0. The predicted octanol–water partition coefficient (Wildman–Crippen LogP) is 1.04. The molecule has 0 saturated carbocycles. The molecule has 0 radical (unpaired) electrons. The fraction of sp³-hybridized carbons (Fsp3) is 1.00. The van der Waals surface area contributed by atoms with Gasteiger partial charge < -0.3 is 24.1 Å². The average Bonchev–Trinajstić information content (AvgIpc) is 2.58. The zero-order valence-electron chi connectivity index (χ0n) is 11.1. The summed E-state index contributed by atoms with van der Waals surface area (Å²) in [5.41, 5.74) is -0.235. The van der Waals surface area contributed by atoms with Crippen LogP contribution in [0.3, 0.4) is 0 Å². The van der Waals surface area contributed by atoms with E-state index in [2.05, 4.69) is 0 Å². The van der Waals surface area contributed by atoms with E-state index in [0.29, 0.717) is 6.61 Å². The van der Waals surface area contributed by atoms with Crippen LogP contribution in [-0.2, 0) is 18.9 Å². The first-order valence-electron chi connectivity index (χ1n) is 6.01. The predicted molar refractivity (Wildman–Crippen MR) is 60.4 cm³/mol. The summed E-state index contributed by atoms with van der Waals surface area (Å²) in [5, 5.41) is 9.75. The molecule has 2 aliphatic rings. The van der Waals surface area contributed by atoms with Crippen LogP contribution in [0.5, 0.6) is 0 Å². The molecule has 2 saturated heterocycles. The number of fused-ring (bicyclic) bond motifs is 1. The van der Waals surface area contributed by atoms with E-state index in [-0.39, 0.29) is 17.8 Å². The molecule has 5 heteroatoms. The Balaban J connectivity index is 1.97. The van der Waals surface area contributed by atoms with E-state index in [1.807, 2.05) is 34.6 Å². The first-order valence-corrected chi connectivity index (χ1v) is 6.01. The molecule has 0 amide bonds. The molecule has 0 aliphatic carbocycles. The fourth-order valence-electron chi connectivity index (χ4n) is 2.13. The maximum Gasteiger partial charge on any atom is 0.184 e. The summed E-state index contributed by atoms with van der Waals surface area (Å²) in [5.74, 6) is -0.667. The Morgan fingerprint density at radius 2 is 1.76 bits per heavy atom. The van der Waals surface area contributed by atoms with Gasteiger partial charge in [0.25, 0.3) is 0 Å². The van der Waals surface area contributed by atoms with Crippen LogP contribution in [0.2, 0.25) is 0 Å². The van der Waals surface area contributed by atoms with Gasteiger partial charge in [-0.05, 0) is 34.6 Å². The number of hydrogen-bond donors (Lipinski definition) is 1. The highest BCUT2D eigenvalue weighted by Crippen LogP contribution is 2.38. The van der Waals surface area contributed by atoms with Gasteiger partial charge in [-0.25, -0.2) is 0 Å². The third kappa shape index (κ3) is 2.98. The lowest BCUT2D eigenvalue weighted by Crippen LogP contribution is -2.35. The van der Waals surface area contributed by atoms with Crippen molar-refractivity contribution in [2.75, 3.05) is 6.61 Å². The molecule has 17 heavy (non-hydrogen) atoms. The Hall–Kier alpha value is -0.200. The van der Waals surface area contributed by atoms with Gasteiger partial charge in [-0.3, -0.25) is 0 Å². The molecule has 0 aromatic heterocycles. The molecular formula is C12H22O5. The molecule has 2 heterocycles. The minimum Gasteiger partial charge on any atom is -0.373 e. The van der Waals surface area contributed by atoms with Gasteiger partial charge >= 0.3 is 0 Å². The molecule has 2 aliphatic heterocycles. The smallest absolute Gasteiger partial charge is 0.184 e. The Morgan fingerprint density at radius 1 is 1.18 bits per heavy atom. The third-order valence-electron chi connectivity index (χ3n) is 2.81. The number of aliphatic hydroxyl groups excluding tert-OH is 1. The lowest BCUT2D eigenvalue weighted by atomic mass is 10.1. The van der Waals surface area contributed by atoms with Gasteiger partial charge in [-0.2, -0.15) is 0 Å². The molecule has 0 aromatic carbocycles. The number of ether oxygens (including phenoxy) is 4. The minimum absolute atomic E-state index is 0.235. The minimum atomic E-state index is -0.935. The van der Waals surface area contributed by atoms with E-state index < -0.39 is 18.2 Å². The monoisotopic (exact) mass is 246 g/mol. The lowest BCUT2D eigenvalue weighted by molar-refractivity contribution is -0.228. The van der Waals surface area contributed by atoms with Gasteiger partial charge in [0.2, 0.25) is 0 Å². The third-order valence-corrected chi connectivity index (χ3v) is 2.81. The fourth-order valence-corrected chi connectivity index (χ4v) is 2.13. The van der Waals surface area contributed by atoms with E-state index >= 15 is 0 Å². The summed E-state index contributed by atoms with van der Waals surface area (Å²) in [6.45, 7) is 9.99. The number of hydrogen-bond acceptors (Lipinski definition) is 5. The first kappa shape index (κ1) is 13.2. The van der Waals surface area contributed by atoms with Gasteiger partial charge in [0.1, 0.15) is 18.3 Å². The molecule has 2 fully saturated rings. The molecule has 0 bridgehead atoms. The van der Waals surface area contributed by atoms with Crippen molar-refractivity contribution in [2.45, 2.75) is 70.6 Å². The maximum atomic E-state index is 9.75. The number of rotatable bonds is 2. The van der Waals surface area contributed by atoms with Crippen molar-refractivity contribution in [1.82, 2.24) is 0 Å². The molecule has 2 rings (SSSR count). The van der Waals surface area contributed by atoms with E-state index in [4.69, 9.17) is 18.9 Å². The highest BCUT2D eigenvalue weighted by atomic mass is 16.8. The van der Waals surface area contributed by atoms with Crippen molar-refractivity contribution in [2.24, 2.45) is 0 Å². The normalized spacial score (nSPS) is 40.6. The van der Waals surface area contributed by atoms with Crippen molar-refractivity contribution >= 4 is 0 Å². The molecule has 0 unspecified atom stereocenters. The maximum absolute atomic E-state index is 9.75. The molecular weight excluding hydrogens is 224 g/mol. The highest BCUT2D eigenvalue weighted by molar-refractivity contribution is 4.94. The Morgan fingerprint density at radius 3 is 2.35 bits per heavy atom. The van der Waals surface area contributed by atoms with Crippen molar-refractivity contribution < 1.29 is 24.1 Å². The second-order valence-corrected chi connectivity index (χ2v) is 6.05. The van der Waals surface area contributed by atoms with E-state index in [9.17, 15) is 5.11 Å². The lowest BCUT2D eigenvalue weighted by Gasteiger charge is -2.25. The topological polar surface area (TPSA) is 57.2 Å². The highest BCUT2D eigenvalue weighted by Gasteiger charge is 2.54. The van der Waals surface area contributed by atoms with Crippen LogP contribution in [0.4, 0.5) is 0 Å². The second-order valence-electron chi connectivity index (χ2n) is 6.05. The molecule has 0 aromatic rings. The van der Waals surface area contributed by atoms with Crippen molar-refractivity contribution in [1.29, 1.82) is 0 Å². The van der Waals surface area contributed by atoms with Crippen LogP contribution in [0.15, 0.2) is 0 Å². The van der Waals surface area contributed by atoms with Gasteiger partial charge in [-0.1, -0.05) is 0 Å². The average molecular weight is 246 g/mol. The summed E-state index contributed by atoms with van der Waals surface area (Å²) in [4.78, 5) is 0. The van der Waals surface area contributed by atoms with E-state index in [1.54, 1.807) is 0 Å². The Labute approximate surface area is 102 Å². The van der Waals surface area contributed by atoms with Crippen LogP contribution in [-0.4, -0.2) is 47.7 Å². The van der Waals surface area contributed by atoms with Gasteiger partial charge in [0.05, 0.1) is 12.2 Å². The molecule has 5 nitrogen and oxygen atoms in total. The molecule has 4 atom stereocenters. The standard InChI is InChI=1S/C12H22O5/c1-11(2,3)14-6-7-8-9(10(13)15-7)17-12(4,5)16-8/h7-10,13H,6H2,1-5H3/t7-,8-,9-,10+/m1/s1. The number of aliphatic hydroxyl groups is 1. The summed E-state index contributed by atoms with van der Waals surface area (Å²) in [6.07, 6.45) is -1.90. The second kappa shape index (κ2) is 4.17.